The zero-order valence-electron chi connectivity index (χ0n) is 23.2. The Balaban J connectivity index is 1.43. The van der Waals surface area contributed by atoms with E-state index in [0.29, 0.717) is 25.2 Å². The molecule has 11 heteroatoms. The molecule has 0 spiro atoms. The average Bonchev–Trinajstić information content (AvgIpc) is 3.66. The SMILES string of the molecule is Cc1ncsc1-c1ccc(C(C)NC(=O)[C@@H]2C[C@@H](O)CN2C(=O)C(c2cc(OCCCC=O)no2)C(C)C)cc1. The van der Waals surface area contributed by atoms with Gasteiger partial charge in [0.25, 0.3) is 5.88 Å². The molecule has 0 aliphatic carbocycles. The monoisotopic (exact) mass is 568 g/mol. The van der Waals surface area contributed by atoms with Crippen molar-refractivity contribution in [1.82, 2.24) is 20.4 Å². The lowest BCUT2D eigenvalue weighted by Crippen LogP contribution is -2.48. The van der Waals surface area contributed by atoms with Gasteiger partial charge in [-0.05, 0) is 42.5 Å². The maximum atomic E-state index is 13.8. The lowest BCUT2D eigenvalue weighted by Gasteiger charge is -2.29. The number of carbonyl (C=O) groups is 3. The first-order chi connectivity index (χ1) is 19.2. The summed E-state index contributed by atoms with van der Waals surface area (Å²) in [5.41, 5.74) is 4.80. The van der Waals surface area contributed by atoms with Gasteiger partial charge in [0.15, 0.2) is 5.76 Å². The topological polar surface area (TPSA) is 135 Å². The van der Waals surface area contributed by atoms with E-state index in [4.69, 9.17) is 9.26 Å². The number of benzene rings is 1. The van der Waals surface area contributed by atoms with Crippen LogP contribution in [0.15, 0.2) is 40.4 Å². The summed E-state index contributed by atoms with van der Waals surface area (Å²) in [5.74, 6) is -0.938. The minimum atomic E-state index is -0.813. The predicted octanol–water partition coefficient (Wildman–Crippen LogP) is 4.04. The highest BCUT2D eigenvalue weighted by Gasteiger charge is 2.43. The fourth-order valence-corrected chi connectivity index (χ4v) is 5.76. The summed E-state index contributed by atoms with van der Waals surface area (Å²) >= 11 is 1.59. The van der Waals surface area contributed by atoms with Gasteiger partial charge in [-0.15, -0.1) is 11.3 Å². The molecule has 1 fully saturated rings. The van der Waals surface area contributed by atoms with Crippen LogP contribution in [0.1, 0.15) is 69.0 Å². The highest BCUT2D eigenvalue weighted by molar-refractivity contribution is 7.13. The molecular formula is C29H36N4O6S. The average molecular weight is 569 g/mol. The molecule has 0 saturated carbocycles. The van der Waals surface area contributed by atoms with Crippen LogP contribution in [0.4, 0.5) is 0 Å². The normalized spacial score (nSPS) is 18.5. The van der Waals surface area contributed by atoms with E-state index in [1.54, 1.807) is 17.4 Å². The summed E-state index contributed by atoms with van der Waals surface area (Å²) in [4.78, 5) is 44.5. The third kappa shape index (κ3) is 6.76. The zero-order chi connectivity index (χ0) is 28.8. The molecular weight excluding hydrogens is 532 g/mol. The third-order valence-corrected chi connectivity index (χ3v) is 8.08. The molecule has 4 atom stereocenters. The Morgan fingerprint density at radius 1 is 1.27 bits per heavy atom. The lowest BCUT2D eigenvalue weighted by atomic mass is 9.91. The number of aryl methyl sites for hydroxylation is 1. The van der Waals surface area contributed by atoms with Crippen LogP contribution in [0.5, 0.6) is 5.88 Å². The molecule has 4 rings (SSSR count). The molecule has 0 bridgehead atoms. The smallest absolute Gasteiger partial charge is 0.254 e. The van der Waals surface area contributed by atoms with Gasteiger partial charge in [0.1, 0.15) is 18.2 Å². The zero-order valence-corrected chi connectivity index (χ0v) is 24.0. The molecule has 3 heterocycles. The standard InChI is InChI=1S/C29H36N4O6S/c1-17(2)26(24-14-25(32-39-24)38-12-6-5-11-34)29(37)33-15-22(35)13-23(33)28(36)31-18(3)20-7-9-21(10-8-20)27-19(4)30-16-40-27/h7-11,14,16-18,22-23,26,35H,5-6,12-13,15H2,1-4H3,(H,31,36)/t18?,22-,23+,26?/m1/s1. The number of ether oxygens (including phenoxy) is 1. The van der Waals surface area contributed by atoms with Crippen molar-refractivity contribution in [2.75, 3.05) is 13.2 Å². The Labute approximate surface area is 237 Å². The van der Waals surface area contributed by atoms with E-state index in [0.717, 1.165) is 28.0 Å². The number of carbonyl (C=O) groups excluding carboxylic acids is 3. The van der Waals surface area contributed by atoms with E-state index in [2.05, 4.69) is 15.5 Å². The van der Waals surface area contributed by atoms with Crippen LogP contribution < -0.4 is 10.1 Å². The molecule has 10 nitrogen and oxygen atoms in total. The fraction of sp³-hybridized carbons (Fsp3) is 0.483. The van der Waals surface area contributed by atoms with Crippen LogP contribution in [-0.2, 0) is 14.4 Å². The number of hydrogen-bond donors (Lipinski definition) is 2. The number of nitrogens with one attached hydrogen (secondary N) is 1. The van der Waals surface area contributed by atoms with E-state index < -0.39 is 18.1 Å². The van der Waals surface area contributed by atoms with Gasteiger partial charge < -0.3 is 29.4 Å². The number of thiazole rings is 1. The molecule has 2 aromatic heterocycles. The van der Waals surface area contributed by atoms with Crippen molar-refractivity contribution in [2.45, 2.75) is 71.1 Å². The number of aldehydes is 1. The van der Waals surface area contributed by atoms with Crippen molar-refractivity contribution in [3.05, 3.63) is 52.9 Å². The molecule has 1 aliphatic heterocycles. The Morgan fingerprint density at radius 3 is 2.67 bits per heavy atom. The molecule has 0 radical (unpaired) electrons. The molecule has 214 valence electrons. The van der Waals surface area contributed by atoms with Gasteiger partial charge in [-0.3, -0.25) is 9.59 Å². The van der Waals surface area contributed by atoms with Gasteiger partial charge in [-0.25, -0.2) is 4.98 Å². The Morgan fingerprint density at radius 2 is 2.02 bits per heavy atom. The first-order valence-electron chi connectivity index (χ1n) is 13.5. The number of hydrogen-bond acceptors (Lipinski definition) is 9. The number of likely N-dealkylation sites (tertiary alicyclic amines) is 1. The summed E-state index contributed by atoms with van der Waals surface area (Å²) in [6.45, 7) is 8.00. The van der Waals surface area contributed by atoms with Crippen LogP contribution in [0, 0.1) is 12.8 Å². The van der Waals surface area contributed by atoms with Crippen LogP contribution in [0.25, 0.3) is 10.4 Å². The van der Waals surface area contributed by atoms with Gasteiger partial charge in [-0.2, -0.15) is 0 Å². The minimum absolute atomic E-state index is 0.0562. The largest absolute Gasteiger partial charge is 0.475 e. The maximum absolute atomic E-state index is 13.8. The van der Waals surface area contributed by atoms with Crippen molar-refractivity contribution in [3.63, 3.8) is 0 Å². The van der Waals surface area contributed by atoms with Gasteiger partial charge in [0, 0.05) is 25.5 Å². The summed E-state index contributed by atoms with van der Waals surface area (Å²) in [5, 5.41) is 17.4. The van der Waals surface area contributed by atoms with E-state index in [-0.39, 0.29) is 42.6 Å². The number of amides is 2. The van der Waals surface area contributed by atoms with Crippen LogP contribution in [0.3, 0.4) is 0 Å². The van der Waals surface area contributed by atoms with Crippen molar-refractivity contribution < 1.29 is 28.8 Å². The van der Waals surface area contributed by atoms with Gasteiger partial charge in [0.05, 0.1) is 34.8 Å². The summed E-state index contributed by atoms with van der Waals surface area (Å²) in [6.07, 6.45) is 1.10. The Bertz CT molecular complexity index is 1300. The number of aliphatic hydroxyl groups excluding tert-OH is 1. The summed E-state index contributed by atoms with van der Waals surface area (Å²) in [6, 6.07) is 8.44. The van der Waals surface area contributed by atoms with E-state index in [1.807, 2.05) is 57.5 Å². The fourth-order valence-electron chi connectivity index (χ4n) is 4.95. The van der Waals surface area contributed by atoms with Crippen LogP contribution in [-0.4, -0.2) is 63.5 Å². The Hall–Kier alpha value is -3.57. The summed E-state index contributed by atoms with van der Waals surface area (Å²) < 4.78 is 11.0. The third-order valence-electron chi connectivity index (χ3n) is 7.10. The number of unbranched alkanes of at least 4 members (excludes halogenated alkanes) is 1. The number of nitrogens with zero attached hydrogens (tertiary/aromatic N) is 3. The second-order valence-corrected chi connectivity index (χ2v) is 11.3. The molecule has 40 heavy (non-hydrogen) atoms. The number of aliphatic hydroxyl groups is 1. The van der Waals surface area contributed by atoms with E-state index in [1.165, 1.54) is 4.90 Å². The second kappa shape index (κ2) is 13.2. The maximum Gasteiger partial charge on any atom is 0.254 e. The Kier molecular flexibility index (Phi) is 9.70. The van der Waals surface area contributed by atoms with Crippen LogP contribution >= 0.6 is 11.3 Å². The molecule has 1 aromatic carbocycles. The molecule has 1 aliphatic rings. The van der Waals surface area contributed by atoms with E-state index >= 15 is 0 Å². The molecule has 2 amide bonds. The van der Waals surface area contributed by atoms with E-state index in [9.17, 15) is 19.5 Å². The minimum Gasteiger partial charge on any atom is -0.475 e. The number of aromatic nitrogens is 2. The number of β-amino-alcohol motifs (C(OH)–C–C–N with tert-alkyl or cyclic N) is 1. The van der Waals surface area contributed by atoms with Crippen molar-refractivity contribution in [1.29, 1.82) is 0 Å². The molecule has 3 aromatic rings. The van der Waals surface area contributed by atoms with Crippen molar-refractivity contribution in [2.24, 2.45) is 5.92 Å². The number of rotatable bonds is 12. The summed E-state index contributed by atoms with van der Waals surface area (Å²) in [7, 11) is 0. The highest BCUT2D eigenvalue weighted by atomic mass is 32.1. The highest BCUT2D eigenvalue weighted by Crippen LogP contribution is 2.33. The first kappa shape index (κ1) is 29.4. The van der Waals surface area contributed by atoms with Gasteiger partial charge in [0.2, 0.25) is 11.8 Å². The molecule has 2 unspecified atom stereocenters. The van der Waals surface area contributed by atoms with Gasteiger partial charge in [-0.1, -0.05) is 38.1 Å². The predicted molar refractivity (Wildman–Crippen MR) is 150 cm³/mol. The quantitative estimate of drug-likeness (QED) is 0.247. The van der Waals surface area contributed by atoms with Crippen molar-refractivity contribution >= 4 is 29.4 Å². The lowest BCUT2D eigenvalue weighted by molar-refractivity contribution is -0.141. The first-order valence-corrected chi connectivity index (χ1v) is 14.4. The molecule has 1 saturated heterocycles. The molecule has 2 N–H and O–H groups in total. The van der Waals surface area contributed by atoms with Crippen LogP contribution in [0.2, 0.25) is 0 Å². The second-order valence-electron chi connectivity index (χ2n) is 10.5. The van der Waals surface area contributed by atoms with Crippen molar-refractivity contribution in [3.8, 4) is 16.3 Å². The van der Waals surface area contributed by atoms with Gasteiger partial charge >= 0.3 is 0 Å².